The molecule has 0 N–H and O–H groups in total. The molecule has 0 aliphatic heterocycles. The van der Waals surface area contributed by atoms with Gasteiger partial charge in [-0.15, -0.1) is 6.58 Å². The standard InChI is InChI=1S/C18H27N/c1-5-15-10-8-9-11-16(15)17(6-2)19(4)14-18(7-3)12-13-18/h7-11,17H,3,5-6,12-14H2,1-2,4H3. The van der Waals surface area contributed by atoms with E-state index in [0.717, 1.165) is 13.0 Å². The maximum absolute atomic E-state index is 4.01. The average Bonchev–Trinajstić information content (AvgIpc) is 3.20. The van der Waals surface area contributed by atoms with E-state index in [1.54, 1.807) is 0 Å². The molecule has 1 atom stereocenters. The molecule has 1 unspecified atom stereocenters. The fourth-order valence-corrected chi connectivity index (χ4v) is 3.14. The van der Waals surface area contributed by atoms with Crippen LogP contribution >= 0.6 is 0 Å². The van der Waals surface area contributed by atoms with Gasteiger partial charge in [0.15, 0.2) is 0 Å². The first-order chi connectivity index (χ1) is 9.15. The molecule has 0 spiro atoms. The Morgan fingerprint density at radius 2 is 2.00 bits per heavy atom. The molecule has 1 aliphatic carbocycles. The smallest absolute Gasteiger partial charge is 0.0345 e. The third-order valence-corrected chi connectivity index (χ3v) is 4.60. The topological polar surface area (TPSA) is 3.24 Å². The highest BCUT2D eigenvalue weighted by Crippen LogP contribution is 2.48. The van der Waals surface area contributed by atoms with Crippen LogP contribution in [0.3, 0.4) is 0 Å². The predicted octanol–water partition coefficient (Wildman–Crippen LogP) is 4.60. The maximum atomic E-state index is 4.01. The van der Waals surface area contributed by atoms with Gasteiger partial charge in [-0.3, -0.25) is 4.90 Å². The Morgan fingerprint density at radius 1 is 1.32 bits per heavy atom. The summed E-state index contributed by atoms with van der Waals surface area (Å²) in [6.07, 6.45) is 7.08. The first kappa shape index (κ1) is 14.3. The van der Waals surface area contributed by atoms with Crippen LogP contribution in [-0.4, -0.2) is 18.5 Å². The Kier molecular flexibility index (Phi) is 4.46. The van der Waals surface area contributed by atoms with Crippen molar-refractivity contribution >= 4 is 0 Å². The molecule has 1 aliphatic rings. The van der Waals surface area contributed by atoms with E-state index in [9.17, 15) is 0 Å². The SMILES string of the molecule is C=CC1(CN(C)C(CC)c2ccccc2CC)CC1. The summed E-state index contributed by atoms with van der Waals surface area (Å²) in [4.78, 5) is 2.53. The highest BCUT2D eigenvalue weighted by atomic mass is 15.1. The number of hydrogen-bond acceptors (Lipinski definition) is 1. The third kappa shape index (κ3) is 3.09. The summed E-state index contributed by atoms with van der Waals surface area (Å²) in [5.41, 5.74) is 3.41. The minimum absolute atomic E-state index is 0.406. The lowest BCUT2D eigenvalue weighted by atomic mass is 9.95. The van der Waals surface area contributed by atoms with Crippen molar-refractivity contribution in [2.75, 3.05) is 13.6 Å². The van der Waals surface area contributed by atoms with E-state index in [-0.39, 0.29) is 0 Å². The summed E-state index contributed by atoms with van der Waals surface area (Å²) in [5, 5.41) is 0. The summed E-state index contributed by atoms with van der Waals surface area (Å²) in [6, 6.07) is 9.43. The second-order valence-electron chi connectivity index (χ2n) is 5.96. The molecule has 2 rings (SSSR count). The Labute approximate surface area is 118 Å². The van der Waals surface area contributed by atoms with Crippen molar-refractivity contribution in [2.24, 2.45) is 5.41 Å². The quantitative estimate of drug-likeness (QED) is 0.645. The van der Waals surface area contributed by atoms with Crippen LogP contribution in [0.25, 0.3) is 0 Å². The van der Waals surface area contributed by atoms with Gasteiger partial charge in [-0.05, 0) is 43.9 Å². The molecule has 0 radical (unpaired) electrons. The molecule has 1 saturated carbocycles. The van der Waals surface area contributed by atoms with Crippen LogP contribution in [0.1, 0.15) is 50.3 Å². The van der Waals surface area contributed by atoms with Crippen LogP contribution in [-0.2, 0) is 6.42 Å². The number of rotatable bonds is 7. The zero-order valence-corrected chi connectivity index (χ0v) is 12.7. The monoisotopic (exact) mass is 257 g/mol. The first-order valence-electron chi connectivity index (χ1n) is 7.57. The van der Waals surface area contributed by atoms with Gasteiger partial charge in [-0.2, -0.15) is 0 Å². The largest absolute Gasteiger partial charge is 0.299 e. The van der Waals surface area contributed by atoms with Gasteiger partial charge >= 0.3 is 0 Å². The molecule has 19 heavy (non-hydrogen) atoms. The average molecular weight is 257 g/mol. The fraction of sp³-hybridized carbons (Fsp3) is 0.556. The Bertz CT molecular complexity index is 431. The van der Waals surface area contributed by atoms with Crippen LogP contribution in [0, 0.1) is 5.41 Å². The molecule has 1 nitrogen and oxygen atoms in total. The van der Waals surface area contributed by atoms with Gasteiger partial charge in [0.25, 0.3) is 0 Å². The van der Waals surface area contributed by atoms with E-state index < -0.39 is 0 Å². The lowest BCUT2D eigenvalue weighted by Crippen LogP contribution is -2.30. The van der Waals surface area contributed by atoms with E-state index in [4.69, 9.17) is 0 Å². The molecule has 1 aromatic carbocycles. The Hall–Kier alpha value is -1.08. The van der Waals surface area contributed by atoms with Crippen molar-refractivity contribution in [3.8, 4) is 0 Å². The van der Waals surface area contributed by atoms with E-state index in [1.165, 1.54) is 30.4 Å². The number of nitrogens with zero attached hydrogens (tertiary/aromatic N) is 1. The number of aryl methyl sites for hydroxylation is 1. The Balaban J connectivity index is 2.16. The van der Waals surface area contributed by atoms with Crippen molar-refractivity contribution in [1.29, 1.82) is 0 Å². The summed E-state index contributed by atoms with van der Waals surface area (Å²) >= 11 is 0. The molecule has 0 saturated heterocycles. The lowest BCUT2D eigenvalue weighted by Gasteiger charge is -2.31. The maximum Gasteiger partial charge on any atom is 0.0345 e. The van der Waals surface area contributed by atoms with Crippen LogP contribution in [0.4, 0.5) is 0 Å². The molecule has 0 bridgehead atoms. The minimum Gasteiger partial charge on any atom is -0.299 e. The van der Waals surface area contributed by atoms with Gasteiger partial charge in [0, 0.05) is 18.0 Å². The van der Waals surface area contributed by atoms with Crippen molar-refractivity contribution in [3.05, 3.63) is 48.0 Å². The second-order valence-corrected chi connectivity index (χ2v) is 5.96. The normalized spacial score (nSPS) is 18.3. The number of hydrogen-bond donors (Lipinski definition) is 0. The zero-order valence-electron chi connectivity index (χ0n) is 12.7. The van der Waals surface area contributed by atoms with Crippen molar-refractivity contribution in [2.45, 2.75) is 45.6 Å². The van der Waals surface area contributed by atoms with E-state index >= 15 is 0 Å². The van der Waals surface area contributed by atoms with Gasteiger partial charge in [-0.1, -0.05) is 44.2 Å². The van der Waals surface area contributed by atoms with Gasteiger partial charge in [0.2, 0.25) is 0 Å². The van der Waals surface area contributed by atoms with Gasteiger partial charge in [-0.25, -0.2) is 0 Å². The Morgan fingerprint density at radius 3 is 2.53 bits per heavy atom. The molecular formula is C18H27N. The molecule has 104 valence electrons. The van der Waals surface area contributed by atoms with Crippen LogP contribution in [0.15, 0.2) is 36.9 Å². The van der Waals surface area contributed by atoms with Gasteiger partial charge < -0.3 is 0 Å². The lowest BCUT2D eigenvalue weighted by molar-refractivity contribution is 0.209. The van der Waals surface area contributed by atoms with Gasteiger partial charge in [0.05, 0.1) is 0 Å². The summed E-state index contributed by atoms with van der Waals surface area (Å²) in [5.74, 6) is 0. The molecular weight excluding hydrogens is 230 g/mol. The van der Waals surface area contributed by atoms with Crippen LogP contribution in [0.2, 0.25) is 0 Å². The van der Waals surface area contributed by atoms with Crippen molar-refractivity contribution < 1.29 is 0 Å². The molecule has 1 fully saturated rings. The minimum atomic E-state index is 0.406. The van der Waals surface area contributed by atoms with Crippen molar-refractivity contribution in [1.82, 2.24) is 4.90 Å². The third-order valence-electron chi connectivity index (χ3n) is 4.60. The van der Waals surface area contributed by atoms with E-state index in [0.29, 0.717) is 11.5 Å². The highest BCUT2D eigenvalue weighted by Gasteiger charge is 2.41. The molecule has 0 amide bonds. The van der Waals surface area contributed by atoms with E-state index in [2.05, 4.69) is 62.7 Å². The van der Waals surface area contributed by atoms with Crippen LogP contribution < -0.4 is 0 Å². The second kappa shape index (κ2) is 5.92. The summed E-state index contributed by atoms with van der Waals surface area (Å²) < 4.78 is 0. The fourth-order valence-electron chi connectivity index (χ4n) is 3.14. The molecule has 0 aromatic heterocycles. The zero-order chi connectivity index (χ0) is 13.9. The van der Waals surface area contributed by atoms with E-state index in [1.807, 2.05) is 0 Å². The summed E-state index contributed by atoms with van der Waals surface area (Å²) in [7, 11) is 2.27. The number of benzene rings is 1. The van der Waals surface area contributed by atoms with Crippen LogP contribution in [0.5, 0.6) is 0 Å². The van der Waals surface area contributed by atoms with Gasteiger partial charge in [0.1, 0.15) is 0 Å². The molecule has 1 heteroatoms. The molecule has 0 heterocycles. The summed E-state index contributed by atoms with van der Waals surface area (Å²) in [6.45, 7) is 9.70. The first-order valence-corrected chi connectivity index (χ1v) is 7.57. The highest BCUT2D eigenvalue weighted by molar-refractivity contribution is 5.30. The van der Waals surface area contributed by atoms with Crippen molar-refractivity contribution in [3.63, 3.8) is 0 Å². The predicted molar refractivity (Wildman–Crippen MR) is 83.3 cm³/mol. The molecule has 1 aromatic rings.